The second-order valence-corrected chi connectivity index (χ2v) is 8.94. The van der Waals surface area contributed by atoms with Crippen molar-refractivity contribution in [3.05, 3.63) is 46.8 Å². The lowest BCUT2D eigenvalue weighted by atomic mass is 9.88. The summed E-state index contributed by atoms with van der Waals surface area (Å²) in [6.07, 6.45) is 4.63. The Morgan fingerprint density at radius 3 is 2.76 bits per heavy atom. The maximum absolute atomic E-state index is 13.3. The van der Waals surface area contributed by atoms with E-state index in [1.165, 1.54) is 47.7 Å². The van der Waals surface area contributed by atoms with Gasteiger partial charge in [-0.05, 0) is 60.1 Å². The molecule has 1 heterocycles. The topological polar surface area (TPSA) is 46.9 Å². The summed E-state index contributed by atoms with van der Waals surface area (Å²) >= 11 is 0. The van der Waals surface area contributed by atoms with Gasteiger partial charge in [0, 0.05) is 18.9 Å². The van der Waals surface area contributed by atoms with Crippen LogP contribution in [0.5, 0.6) is 0 Å². The second kappa shape index (κ2) is 7.88. The van der Waals surface area contributed by atoms with Crippen LogP contribution in [0.2, 0.25) is 0 Å². The number of aryl methyl sites for hydroxylation is 1. The van der Waals surface area contributed by atoms with E-state index in [1.54, 1.807) is 7.05 Å². The summed E-state index contributed by atoms with van der Waals surface area (Å²) in [4.78, 5) is 12.8. The maximum atomic E-state index is 13.3. The number of amides is 1. The minimum Gasteiger partial charge on any atom is -0.322 e. The van der Waals surface area contributed by atoms with Gasteiger partial charge in [0.05, 0.1) is 5.56 Å². The molecule has 1 aromatic heterocycles. The van der Waals surface area contributed by atoms with E-state index in [9.17, 15) is 13.6 Å². The highest BCUT2D eigenvalue weighted by atomic mass is 19.3. The van der Waals surface area contributed by atoms with E-state index in [4.69, 9.17) is 0 Å². The Hall–Kier alpha value is -2.24. The van der Waals surface area contributed by atoms with Crippen molar-refractivity contribution >= 4 is 11.6 Å². The fraction of sp³-hybridized carbons (Fsp3) is 0.565. The average Bonchev–Trinajstić information content (AvgIpc) is 3.33. The van der Waals surface area contributed by atoms with Gasteiger partial charge in [-0.15, -0.1) is 0 Å². The summed E-state index contributed by atoms with van der Waals surface area (Å²) in [5, 5.41) is 6.67. The molecule has 1 fully saturated rings. The Morgan fingerprint density at radius 1 is 1.28 bits per heavy atom. The van der Waals surface area contributed by atoms with Crippen molar-refractivity contribution < 1.29 is 13.6 Å². The number of hydrogen-bond donors (Lipinski definition) is 1. The SMILES string of the molecule is CC(C)CCCC1C2CCC1c1c(NC(=O)c3cn(C)nc3C(F)F)cccc12. The molecule has 2 aliphatic rings. The number of carbonyl (C=O) groups excluding carboxylic acids is 1. The van der Waals surface area contributed by atoms with Crippen LogP contribution in [0, 0.1) is 11.8 Å². The first-order chi connectivity index (χ1) is 13.9. The number of alkyl halides is 2. The van der Waals surface area contributed by atoms with Crippen LogP contribution in [0.4, 0.5) is 14.5 Å². The lowest BCUT2D eigenvalue weighted by molar-refractivity contribution is 0.101. The Labute approximate surface area is 170 Å². The van der Waals surface area contributed by atoms with Gasteiger partial charge in [0.1, 0.15) is 5.69 Å². The highest BCUT2D eigenvalue weighted by Gasteiger charge is 2.46. The van der Waals surface area contributed by atoms with Gasteiger partial charge >= 0.3 is 0 Å². The van der Waals surface area contributed by atoms with Gasteiger partial charge in [-0.25, -0.2) is 8.78 Å². The summed E-state index contributed by atoms with van der Waals surface area (Å²) in [6.45, 7) is 4.52. The van der Waals surface area contributed by atoms with Crippen molar-refractivity contribution in [1.82, 2.24) is 9.78 Å². The molecular weight excluding hydrogens is 372 g/mol. The maximum Gasteiger partial charge on any atom is 0.282 e. The number of rotatable bonds is 7. The number of fused-ring (bicyclic) bond motifs is 5. The van der Waals surface area contributed by atoms with Crippen LogP contribution < -0.4 is 5.32 Å². The molecule has 2 aliphatic carbocycles. The first kappa shape index (κ1) is 20.0. The molecule has 1 aromatic carbocycles. The Morgan fingerprint density at radius 2 is 2.03 bits per heavy atom. The predicted molar refractivity (Wildman–Crippen MR) is 109 cm³/mol. The molecule has 2 aromatic rings. The molecule has 0 saturated heterocycles. The molecule has 3 atom stereocenters. The first-order valence-corrected chi connectivity index (χ1v) is 10.6. The minimum atomic E-state index is -2.78. The van der Waals surface area contributed by atoms with Crippen LogP contribution in [-0.2, 0) is 7.05 Å². The largest absolute Gasteiger partial charge is 0.322 e. The Kier molecular flexibility index (Phi) is 5.45. The van der Waals surface area contributed by atoms with Crippen LogP contribution in [0.3, 0.4) is 0 Å². The lowest BCUT2D eigenvalue weighted by Crippen LogP contribution is -2.16. The predicted octanol–water partition coefficient (Wildman–Crippen LogP) is 6.03. The molecule has 1 saturated carbocycles. The molecule has 6 heteroatoms. The van der Waals surface area contributed by atoms with Crippen molar-refractivity contribution in [2.24, 2.45) is 18.9 Å². The highest BCUT2D eigenvalue weighted by molar-refractivity contribution is 6.05. The number of nitrogens with one attached hydrogen (secondary N) is 1. The van der Waals surface area contributed by atoms with Gasteiger partial charge in [-0.2, -0.15) is 5.10 Å². The third-order valence-corrected chi connectivity index (χ3v) is 6.61. The molecule has 0 aliphatic heterocycles. The first-order valence-electron chi connectivity index (χ1n) is 10.6. The molecular formula is C23H29F2N3O. The van der Waals surface area contributed by atoms with Crippen molar-refractivity contribution in [3.63, 3.8) is 0 Å². The van der Waals surface area contributed by atoms with Crippen molar-refractivity contribution in [2.75, 3.05) is 5.32 Å². The summed E-state index contributed by atoms with van der Waals surface area (Å²) in [6, 6.07) is 6.05. The van der Waals surface area contributed by atoms with E-state index >= 15 is 0 Å². The minimum absolute atomic E-state index is 0.0586. The fourth-order valence-corrected chi connectivity index (χ4v) is 5.44. The van der Waals surface area contributed by atoms with Crippen LogP contribution in [0.1, 0.15) is 91.4 Å². The van der Waals surface area contributed by atoms with Gasteiger partial charge in [0.25, 0.3) is 12.3 Å². The van der Waals surface area contributed by atoms with Gasteiger partial charge in [0.15, 0.2) is 0 Å². The summed E-state index contributed by atoms with van der Waals surface area (Å²) < 4.78 is 27.8. The second-order valence-electron chi connectivity index (χ2n) is 8.94. The van der Waals surface area contributed by atoms with Gasteiger partial charge in [-0.3, -0.25) is 9.48 Å². The van der Waals surface area contributed by atoms with Crippen LogP contribution in [0.15, 0.2) is 24.4 Å². The number of nitrogens with zero attached hydrogens (tertiary/aromatic N) is 2. The zero-order chi connectivity index (χ0) is 20.7. The summed E-state index contributed by atoms with van der Waals surface area (Å²) in [5.41, 5.74) is 2.82. The van der Waals surface area contributed by atoms with E-state index in [-0.39, 0.29) is 5.56 Å². The smallest absolute Gasteiger partial charge is 0.282 e. The fourth-order valence-electron chi connectivity index (χ4n) is 5.44. The molecule has 29 heavy (non-hydrogen) atoms. The van der Waals surface area contributed by atoms with E-state index in [2.05, 4.69) is 30.3 Å². The molecule has 156 valence electrons. The number of halogens is 2. The van der Waals surface area contributed by atoms with Gasteiger partial charge in [0.2, 0.25) is 0 Å². The molecule has 4 rings (SSSR count). The zero-order valence-corrected chi connectivity index (χ0v) is 17.3. The number of anilines is 1. The Balaban J connectivity index is 1.56. The Bertz CT molecular complexity index is 906. The van der Waals surface area contributed by atoms with Crippen molar-refractivity contribution in [1.29, 1.82) is 0 Å². The number of hydrogen-bond acceptors (Lipinski definition) is 2. The molecule has 0 spiro atoms. The molecule has 1 N–H and O–H groups in total. The third kappa shape index (κ3) is 3.69. The average molecular weight is 402 g/mol. The zero-order valence-electron chi connectivity index (χ0n) is 17.3. The van der Waals surface area contributed by atoms with E-state index in [0.29, 0.717) is 17.8 Å². The molecule has 4 nitrogen and oxygen atoms in total. The van der Waals surface area contributed by atoms with E-state index < -0.39 is 18.0 Å². The molecule has 3 unspecified atom stereocenters. The van der Waals surface area contributed by atoms with E-state index in [0.717, 1.165) is 18.0 Å². The van der Waals surface area contributed by atoms with Gasteiger partial charge < -0.3 is 5.32 Å². The summed E-state index contributed by atoms with van der Waals surface area (Å²) in [7, 11) is 1.55. The number of benzene rings is 1. The van der Waals surface area contributed by atoms with Crippen molar-refractivity contribution in [2.45, 2.75) is 64.2 Å². The van der Waals surface area contributed by atoms with Crippen molar-refractivity contribution in [3.8, 4) is 0 Å². The highest BCUT2D eigenvalue weighted by Crippen LogP contribution is 2.60. The molecule has 1 amide bonds. The van der Waals surface area contributed by atoms with Crippen LogP contribution in [0.25, 0.3) is 0 Å². The van der Waals surface area contributed by atoms with Gasteiger partial charge in [-0.1, -0.05) is 38.8 Å². The monoisotopic (exact) mass is 401 g/mol. The number of aromatic nitrogens is 2. The third-order valence-electron chi connectivity index (χ3n) is 6.61. The quantitative estimate of drug-likeness (QED) is 0.616. The van der Waals surface area contributed by atoms with Crippen LogP contribution >= 0.6 is 0 Å². The lowest BCUT2D eigenvalue weighted by Gasteiger charge is -2.19. The standard InChI is InChI=1S/C23H29F2N3O/c1-13(2)6-4-7-14-15-10-11-17(14)20-16(15)8-5-9-19(20)26-23(29)18-12-28(3)27-21(18)22(24)25/h5,8-9,12-15,17,22H,4,6-7,10-11H2,1-3H3,(H,26,29). The molecule has 0 radical (unpaired) electrons. The molecule has 2 bridgehead atoms. The van der Waals surface area contributed by atoms with E-state index in [1.807, 2.05) is 12.1 Å². The summed E-state index contributed by atoms with van der Waals surface area (Å²) in [5.74, 6) is 1.86. The number of carbonyl (C=O) groups is 1. The normalized spacial score (nSPS) is 22.5. The van der Waals surface area contributed by atoms with Crippen LogP contribution in [-0.4, -0.2) is 15.7 Å².